The third kappa shape index (κ3) is 3.06. The summed E-state index contributed by atoms with van der Waals surface area (Å²) in [6, 6.07) is 7.68. The molecule has 0 N–H and O–H groups in total. The normalized spacial score (nSPS) is 16.8. The van der Waals surface area contributed by atoms with Crippen LogP contribution in [-0.4, -0.2) is 43.2 Å². The number of para-hydroxylation sites is 1. The Morgan fingerprint density at radius 1 is 1.12 bits per heavy atom. The molecular weight excluding hydrogens is 324 g/mol. The summed E-state index contributed by atoms with van der Waals surface area (Å²) in [5.41, 5.74) is 1.51. The van der Waals surface area contributed by atoms with Crippen LogP contribution in [0.1, 0.15) is 26.3 Å². The van der Waals surface area contributed by atoms with E-state index < -0.39 is 10.0 Å². The van der Waals surface area contributed by atoms with Crippen molar-refractivity contribution in [3.8, 4) is 0 Å². The molecule has 0 fully saturated rings. The number of hydrogen-bond acceptors (Lipinski definition) is 4. The van der Waals surface area contributed by atoms with Gasteiger partial charge in [-0.1, -0.05) is 18.2 Å². The summed E-state index contributed by atoms with van der Waals surface area (Å²) < 4.78 is 29.6. The van der Waals surface area contributed by atoms with Gasteiger partial charge in [0.1, 0.15) is 4.90 Å². The molecule has 1 aliphatic rings. The summed E-state index contributed by atoms with van der Waals surface area (Å²) in [6.07, 6.45) is 3.06. The second-order valence-corrected chi connectivity index (χ2v) is 9.10. The summed E-state index contributed by atoms with van der Waals surface area (Å²) >= 11 is 0. The van der Waals surface area contributed by atoms with Crippen molar-refractivity contribution in [1.82, 2.24) is 14.7 Å². The van der Waals surface area contributed by atoms with E-state index in [1.807, 2.05) is 52.1 Å². The molecule has 0 atom stereocenters. The molecule has 0 radical (unpaired) electrons. The molecule has 2 aromatic rings. The molecule has 3 rings (SSSR count). The van der Waals surface area contributed by atoms with Gasteiger partial charge in [-0.3, -0.25) is 8.99 Å². The summed E-state index contributed by atoms with van der Waals surface area (Å²) in [5.74, 6) is 0. The van der Waals surface area contributed by atoms with Gasteiger partial charge < -0.3 is 4.90 Å². The predicted octanol–water partition coefficient (Wildman–Crippen LogP) is 2.28. The molecule has 130 valence electrons. The van der Waals surface area contributed by atoms with Crippen LogP contribution >= 0.6 is 0 Å². The Hall–Kier alpha value is -1.86. The highest BCUT2D eigenvalue weighted by atomic mass is 32.2. The zero-order chi connectivity index (χ0) is 17.5. The average Bonchev–Trinajstić information content (AvgIpc) is 2.93. The molecule has 2 heterocycles. The van der Waals surface area contributed by atoms with E-state index in [0.29, 0.717) is 13.1 Å². The Kier molecular flexibility index (Phi) is 4.17. The number of fused-ring (bicyclic) bond motifs is 1. The number of hydrogen-bond donors (Lipinski definition) is 0. The molecule has 0 saturated carbocycles. The number of anilines is 1. The number of aromatic nitrogens is 2. The molecular formula is C17H24N4O2S. The highest BCUT2D eigenvalue weighted by Gasteiger charge is 2.31. The maximum atomic E-state index is 13.2. The molecule has 0 saturated heterocycles. The molecule has 0 spiro atoms. The zero-order valence-corrected chi connectivity index (χ0v) is 15.4. The molecule has 0 amide bonds. The van der Waals surface area contributed by atoms with Crippen molar-refractivity contribution >= 4 is 15.7 Å². The van der Waals surface area contributed by atoms with Crippen LogP contribution in [0.4, 0.5) is 5.69 Å². The van der Waals surface area contributed by atoms with E-state index in [1.165, 1.54) is 10.5 Å². The summed E-state index contributed by atoms with van der Waals surface area (Å²) in [7, 11) is -1.63. The first-order valence-electron chi connectivity index (χ1n) is 8.04. The lowest BCUT2D eigenvalue weighted by molar-refractivity contribution is 0.344. The second kappa shape index (κ2) is 5.89. The van der Waals surface area contributed by atoms with Gasteiger partial charge >= 0.3 is 0 Å². The first-order valence-corrected chi connectivity index (χ1v) is 9.48. The minimum Gasteiger partial charge on any atom is -0.300 e. The molecule has 7 heteroatoms. The minimum atomic E-state index is -3.64. The summed E-state index contributed by atoms with van der Waals surface area (Å²) in [6.45, 7) is 7.83. The topological polar surface area (TPSA) is 58.4 Å². The molecule has 1 aromatic carbocycles. The number of likely N-dealkylation sites (N-methyl/N-ethyl adjacent to an activating group) is 1. The quantitative estimate of drug-likeness (QED) is 0.835. The fourth-order valence-electron chi connectivity index (χ4n) is 2.82. The molecule has 0 unspecified atom stereocenters. The molecule has 0 bridgehead atoms. The predicted molar refractivity (Wildman–Crippen MR) is 94.5 cm³/mol. The number of sulfonamides is 1. The van der Waals surface area contributed by atoms with Crippen LogP contribution in [0, 0.1) is 0 Å². The van der Waals surface area contributed by atoms with Gasteiger partial charge in [0.15, 0.2) is 0 Å². The van der Waals surface area contributed by atoms with E-state index in [-0.39, 0.29) is 10.4 Å². The van der Waals surface area contributed by atoms with Gasteiger partial charge in [0.25, 0.3) is 10.0 Å². The zero-order valence-electron chi connectivity index (χ0n) is 14.6. The monoisotopic (exact) mass is 348 g/mol. The molecule has 24 heavy (non-hydrogen) atoms. The van der Waals surface area contributed by atoms with Crippen LogP contribution in [0.2, 0.25) is 0 Å². The van der Waals surface area contributed by atoms with Gasteiger partial charge in [0.2, 0.25) is 0 Å². The maximum absolute atomic E-state index is 13.2. The lowest BCUT2D eigenvalue weighted by atomic mass is 10.1. The van der Waals surface area contributed by atoms with Crippen molar-refractivity contribution in [3.05, 3.63) is 42.2 Å². The van der Waals surface area contributed by atoms with Crippen molar-refractivity contribution in [3.63, 3.8) is 0 Å². The van der Waals surface area contributed by atoms with Gasteiger partial charge in [0, 0.05) is 25.8 Å². The van der Waals surface area contributed by atoms with Crippen LogP contribution in [0.25, 0.3) is 0 Å². The molecule has 0 aliphatic carbocycles. The Bertz CT molecular complexity index is 836. The van der Waals surface area contributed by atoms with Crippen molar-refractivity contribution in [2.75, 3.05) is 24.4 Å². The molecule has 1 aromatic heterocycles. The van der Waals surface area contributed by atoms with Crippen LogP contribution in [0.15, 0.2) is 41.6 Å². The van der Waals surface area contributed by atoms with Crippen LogP contribution in [0.3, 0.4) is 0 Å². The Morgan fingerprint density at radius 2 is 1.83 bits per heavy atom. The van der Waals surface area contributed by atoms with Crippen molar-refractivity contribution in [1.29, 1.82) is 0 Å². The van der Waals surface area contributed by atoms with Gasteiger partial charge in [0.05, 0.1) is 17.4 Å². The van der Waals surface area contributed by atoms with Gasteiger partial charge in [-0.15, -0.1) is 0 Å². The lowest BCUT2D eigenvalue weighted by Gasteiger charge is -2.23. The fourth-order valence-corrected chi connectivity index (χ4v) is 4.25. The number of benzene rings is 1. The second-order valence-electron chi connectivity index (χ2n) is 7.24. The average molecular weight is 348 g/mol. The van der Waals surface area contributed by atoms with Gasteiger partial charge in [-0.05, 0) is 39.4 Å². The van der Waals surface area contributed by atoms with Crippen molar-refractivity contribution in [2.45, 2.75) is 37.8 Å². The SMILES string of the molecule is CN1CCN(S(=O)(=O)c2cnn(C(C)(C)C)c2)c2ccccc2C1. The lowest BCUT2D eigenvalue weighted by Crippen LogP contribution is -2.35. The summed E-state index contributed by atoms with van der Waals surface area (Å²) in [5, 5.41) is 4.24. The van der Waals surface area contributed by atoms with Crippen LogP contribution in [-0.2, 0) is 22.1 Å². The largest absolute Gasteiger partial charge is 0.300 e. The van der Waals surface area contributed by atoms with Crippen LogP contribution in [0.5, 0.6) is 0 Å². The van der Waals surface area contributed by atoms with Crippen LogP contribution < -0.4 is 4.31 Å². The van der Waals surface area contributed by atoms with E-state index >= 15 is 0 Å². The highest BCUT2D eigenvalue weighted by molar-refractivity contribution is 7.92. The molecule has 6 nitrogen and oxygen atoms in total. The van der Waals surface area contributed by atoms with Crippen molar-refractivity contribution < 1.29 is 8.42 Å². The van der Waals surface area contributed by atoms with Gasteiger partial charge in [-0.2, -0.15) is 5.10 Å². The third-order valence-electron chi connectivity index (χ3n) is 4.22. The smallest absolute Gasteiger partial charge is 0.267 e. The van der Waals surface area contributed by atoms with E-state index in [9.17, 15) is 8.42 Å². The van der Waals surface area contributed by atoms with Crippen molar-refractivity contribution in [2.24, 2.45) is 0 Å². The fraction of sp³-hybridized carbons (Fsp3) is 0.471. The van der Waals surface area contributed by atoms with E-state index in [0.717, 1.165) is 17.8 Å². The van der Waals surface area contributed by atoms with E-state index in [2.05, 4.69) is 10.00 Å². The Labute approximate surface area is 143 Å². The van der Waals surface area contributed by atoms with E-state index in [4.69, 9.17) is 0 Å². The van der Waals surface area contributed by atoms with E-state index in [1.54, 1.807) is 10.9 Å². The first-order chi connectivity index (χ1) is 11.2. The number of nitrogens with zero attached hydrogens (tertiary/aromatic N) is 4. The maximum Gasteiger partial charge on any atom is 0.267 e. The Morgan fingerprint density at radius 3 is 2.50 bits per heavy atom. The molecule has 1 aliphatic heterocycles. The number of rotatable bonds is 2. The standard InChI is InChI=1S/C17H24N4O2S/c1-17(2,3)21-13-15(11-18-21)24(22,23)20-10-9-19(4)12-14-7-5-6-8-16(14)20/h5-8,11,13H,9-10,12H2,1-4H3. The van der Waals surface area contributed by atoms with Gasteiger partial charge in [-0.25, -0.2) is 8.42 Å². The highest BCUT2D eigenvalue weighted by Crippen LogP contribution is 2.30. The minimum absolute atomic E-state index is 0.233. The third-order valence-corrected chi connectivity index (χ3v) is 5.99. The summed E-state index contributed by atoms with van der Waals surface area (Å²) in [4.78, 5) is 2.37. The Balaban J connectivity index is 2.05. The first kappa shape index (κ1) is 17.0.